The Bertz CT molecular complexity index is 1140. The van der Waals surface area contributed by atoms with Crippen LogP contribution in [0.5, 0.6) is 0 Å². The number of rotatable bonds is 16. The molecule has 0 radical (unpaired) electrons. The van der Waals surface area contributed by atoms with Gasteiger partial charge in [-0.1, -0.05) is 23.2 Å². The molecule has 8 nitrogen and oxygen atoms in total. The molecule has 0 aliphatic rings. The summed E-state index contributed by atoms with van der Waals surface area (Å²) in [5.41, 5.74) is 0. The molecule has 0 aliphatic carbocycles. The molecule has 37 heavy (non-hydrogen) atoms. The van der Waals surface area contributed by atoms with E-state index in [9.17, 15) is 26.4 Å². The fraction of sp³-hybridized carbons (Fsp3) is 0.391. The molecule has 0 fully saturated rings. The number of thioether (sulfide) groups is 2. The lowest BCUT2D eigenvalue weighted by molar-refractivity contribution is -0.122. The molecular weight excluding hydrogens is 599 g/mol. The van der Waals surface area contributed by atoms with Crippen molar-refractivity contribution in [2.75, 3.05) is 41.2 Å². The summed E-state index contributed by atoms with van der Waals surface area (Å²) < 4.78 is 48.6. The summed E-state index contributed by atoms with van der Waals surface area (Å²) in [5.74, 6) is -1.11. The second-order valence-electron chi connectivity index (χ2n) is 7.79. The minimum absolute atomic E-state index is 0.0724. The van der Waals surface area contributed by atoms with E-state index >= 15 is 0 Å². The number of benzene rings is 2. The first-order chi connectivity index (χ1) is 17.4. The fourth-order valence-corrected chi connectivity index (χ4v) is 8.23. The largest absolute Gasteiger partial charge is 0.339 e. The van der Waals surface area contributed by atoms with Crippen molar-refractivity contribution in [1.29, 1.82) is 0 Å². The minimum Gasteiger partial charge on any atom is -0.339 e. The number of amides is 2. The van der Waals surface area contributed by atoms with Gasteiger partial charge in [0.15, 0.2) is 19.7 Å². The van der Waals surface area contributed by atoms with E-state index in [0.29, 0.717) is 21.6 Å². The molecule has 0 aliphatic heterocycles. The second-order valence-corrected chi connectivity index (χ2v) is 15.6. The molecule has 204 valence electrons. The first-order valence-corrected chi connectivity index (χ1v) is 17.5. The number of sulfone groups is 2. The van der Waals surface area contributed by atoms with Gasteiger partial charge in [0.05, 0.1) is 29.7 Å². The van der Waals surface area contributed by atoms with E-state index in [1.165, 1.54) is 23.5 Å². The molecule has 0 spiro atoms. The van der Waals surface area contributed by atoms with Gasteiger partial charge in [0.1, 0.15) is 0 Å². The number of hydrogen-bond donors (Lipinski definition) is 2. The maximum Gasteiger partial charge on any atom is 0.222 e. The second kappa shape index (κ2) is 15.8. The van der Waals surface area contributed by atoms with Crippen molar-refractivity contribution in [3.63, 3.8) is 0 Å². The van der Waals surface area contributed by atoms with Crippen molar-refractivity contribution in [1.82, 2.24) is 10.6 Å². The zero-order valence-corrected chi connectivity index (χ0v) is 24.6. The van der Waals surface area contributed by atoms with Gasteiger partial charge in [0.2, 0.25) is 11.8 Å². The van der Waals surface area contributed by atoms with Crippen LogP contribution in [-0.4, -0.2) is 69.8 Å². The van der Waals surface area contributed by atoms with Crippen molar-refractivity contribution in [3.8, 4) is 0 Å². The third kappa shape index (κ3) is 14.3. The summed E-state index contributed by atoms with van der Waals surface area (Å²) >= 11 is 14.4. The van der Waals surface area contributed by atoms with Crippen molar-refractivity contribution >= 4 is 78.2 Å². The molecule has 2 N–H and O–H groups in total. The Labute approximate surface area is 236 Å². The Morgan fingerprint density at radius 1 is 0.622 bits per heavy atom. The van der Waals surface area contributed by atoms with Crippen molar-refractivity contribution in [2.45, 2.75) is 22.6 Å². The van der Waals surface area contributed by atoms with E-state index in [4.69, 9.17) is 23.2 Å². The van der Waals surface area contributed by atoms with Crippen LogP contribution in [-0.2, 0) is 29.3 Å². The van der Waals surface area contributed by atoms with Crippen molar-refractivity contribution in [2.24, 2.45) is 0 Å². The smallest absolute Gasteiger partial charge is 0.222 e. The van der Waals surface area contributed by atoms with Crippen LogP contribution in [0.1, 0.15) is 12.8 Å². The fourth-order valence-electron chi connectivity index (χ4n) is 2.75. The molecule has 0 atom stereocenters. The highest BCUT2D eigenvalue weighted by molar-refractivity contribution is 8.01. The Morgan fingerprint density at radius 2 is 0.973 bits per heavy atom. The molecule has 0 heterocycles. The highest BCUT2D eigenvalue weighted by atomic mass is 35.5. The Hall–Kier alpha value is -1.44. The van der Waals surface area contributed by atoms with Gasteiger partial charge in [-0.2, -0.15) is 0 Å². The van der Waals surface area contributed by atoms with Gasteiger partial charge >= 0.3 is 0 Å². The zero-order valence-electron chi connectivity index (χ0n) is 19.8. The summed E-state index contributed by atoms with van der Waals surface area (Å²) in [6, 6.07) is 14.1. The molecule has 0 aromatic heterocycles. The summed E-state index contributed by atoms with van der Waals surface area (Å²) in [5, 5.41) is 6.03. The molecule has 2 aromatic carbocycles. The maximum atomic E-state index is 12.2. The van der Waals surface area contributed by atoms with Gasteiger partial charge < -0.3 is 10.6 Å². The third-order valence-corrected chi connectivity index (χ3v) is 11.2. The SMILES string of the molecule is O=C(CCS(=O)(=O)CCSc1ccc(Cl)cc1)NCNC(=O)CCS(=O)(=O)CCSc1ccc(Cl)cc1. The van der Waals surface area contributed by atoms with Gasteiger partial charge in [0.25, 0.3) is 0 Å². The number of hydrogen-bond acceptors (Lipinski definition) is 8. The van der Waals surface area contributed by atoms with E-state index in [-0.39, 0.29) is 42.5 Å². The van der Waals surface area contributed by atoms with E-state index < -0.39 is 31.5 Å². The normalized spacial score (nSPS) is 11.7. The van der Waals surface area contributed by atoms with Gasteiger partial charge in [-0.25, -0.2) is 16.8 Å². The first-order valence-electron chi connectivity index (χ1n) is 11.2. The van der Waals surface area contributed by atoms with Crippen molar-refractivity contribution < 1.29 is 26.4 Å². The average molecular weight is 628 g/mol. The van der Waals surface area contributed by atoms with Crippen LogP contribution < -0.4 is 10.6 Å². The highest BCUT2D eigenvalue weighted by Crippen LogP contribution is 2.21. The van der Waals surface area contributed by atoms with Gasteiger partial charge in [-0.05, 0) is 48.5 Å². The standard InChI is InChI=1S/C23H28Cl2N2O6S4/c24-18-1-5-20(6-2-18)34-11-15-36(30,31)13-9-22(28)26-17-27-23(29)10-14-37(32,33)16-12-35-21-7-3-19(25)4-8-21/h1-8H,9-17H2,(H,26,28)(H,27,29). The number of halogens is 2. The Balaban J connectivity index is 1.56. The van der Waals surface area contributed by atoms with Crippen LogP contribution in [0.2, 0.25) is 10.0 Å². The van der Waals surface area contributed by atoms with Crippen LogP contribution in [0.25, 0.3) is 0 Å². The molecule has 2 aromatic rings. The lowest BCUT2D eigenvalue weighted by atomic mass is 10.4. The topological polar surface area (TPSA) is 126 Å². The molecule has 0 saturated heterocycles. The molecule has 0 bridgehead atoms. The molecular formula is C23H28Cl2N2O6S4. The maximum absolute atomic E-state index is 12.2. The lowest BCUT2D eigenvalue weighted by Gasteiger charge is -2.09. The first kappa shape index (κ1) is 31.8. The van der Waals surface area contributed by atoms with Crippen LogP contribution in [0, 0.1) is 0 Å². The lowest BCUT2D eigenvalue weighted by Crippen LogP contribution is -2.38. The minimum atomic E-state index is -3.42. The molecule has 0 unspecified atom stereocenters. The number of carbonyl (C=O) groups is 2. The van der Waals surface area contributed by atoms with E-state index in [1.54, 1.807) is 48.5 Å². The summed E-state index contributed by atoms with van der Waals surface area (Å²) in [7, 11) is -6.84. The average Bonchev–Trinajstić information content (AvgIpc) is 2.84. The monoisotopic (exact) mass is 626 g/mol. The third-order valence-electron chi connectivity index (χ3n) is 4.80. The van der Waals surface area contributed by atoms with Crippen LogP contribution in [0.15, 0.2) is 58.3 Å². The van der Waals surface area contributed by atoms with Gasteiger partial charge in [-0.15, -0.1) is 23.5 Å². The van der Waals surface area contributed by atoms with Crippen LogP contribution >= 0.6 is 46.7 Å². The predicted molar refractivity (Wildman–Crippen MR) is 152 cm³/mol. The summed E-state index contributed by atoms with van der Waals surface area (Å²) in [6.45, 7) is -0.212. The van der Waals surface area contributed by atoms with E-state index in [0.717, 1.165) is 9.79 Å². The quantitative estimate of drug-likeness (QED) is 0.213. The Morgan fingerprint density at radius 3 is 1.32 bits per heavy atom. The van der Waals surface area contributed by atoms with E-state index in [2.05, 4.69) is 10.6 Å². The molecule has 0 saturated carbocycles. The zero-order chi connectivity index (χ0) is 27.3. The highest BCUT2D eigenvalue weighted by Gasteiger charge is 2.16. The van der Waals surface area contributed by atoms with Gasteiger partial charge in [0, 0.05) is 44.2 Å². The molecule has 14 heteroatoms. The number of nitrogens with one attached hydrogen (secondary N) is 2. The van der Waals surface area contributed by atoms with E-state index in [1.807, 2.05) is 0 Å². The van der Waals surface area contributed by atoms with Crippen LogP contribution in [0.3, 0.4) is 0 Å². The van der Waals surface area contributed by atoms with Crippen LogP contribution in [0.4, 0.5) is 0 Å². The number of carbonyl (C=O) groups excluding carboxylic acids is 2. The summed E-state index contributed by atoms with van der Waals surface area (Å²) in [6.07, 6.45) is -0.465. The van der Waals surface area contributed by atoms with Crippen molar-refractivity contribution in [3.05, 3.63) is 58.6 Å². The van der Waals surface area contributed by atoms with Gasteiger partial charge in [-0.3, -0.25) is 9.59 Å². The Kier molecular flexibility index (Phi) is 13.6. The predicted octanol–water partition coefficient (Wildman–Crippen LogP) is 3.68. The summed E-state index contributed by atoms with van der Waals surface area (Å²) in [4.78, 5) is 25.6. The molecule has 2 amide bonds. The molecule has 2 rings (SSSR count).